The highest BCUT2D eigenvalue weighted by molar-refractivity contribution is 5.79. The zero-order valence-electron chi connectivity index (χ0n) is 14.0. The summed E-state index contributed by atoms with van der Waals surface area (Å²) in [6.07, 6.45) is 3.55. The minimum atomic E-state index is 0.504. The standard InChI is InChI=1S/C19H24N4O/c1-3-11-22-19(20-4-2)23-14-17-10-12-21-18(13-17)24-15-16-8-6-5-7-9-16/h3,5-10,12-13H,1,4,11,14-15H2,2H3,(H2,20,22,23). The van der Waals surface area contributed by atoms with Crippen molar-refractivity contribution in [2.24, 2.45) is 4.99 Å². The third-order valence-electron chi connectivity index (χ3n) is 3.21. The fourth-order valence-electron chi connectivity index (χ4n) is 2.04. The van der Waals surface area contributed by atoms with E-state index in [1.54, 1.807) is 12.3 Å². The lowest BCUT2D eigenvalue weighted by Crippen LogP contribution is -2.37. The minimum absolute atomic E-state index is 0.504. The Bertz CT molecular complexity index is 655. The van der Waals surface area contributed by atoms with Crippen LogP contribution in [0.15, 0.2) is 66.3 Å². The van der Waals surface area contributed by atoms with Crippen LogP contribution in [-0.4, -0.2) is 24.0 Å². The molecule has 5 heteroatoms. The summed E-state index contributed by atoms with van der Waals surface area (Å²) < 4.78 is 5.75. The summed E-state index contributed by atoms with van der Waals surface area (Å²) in [6.45, 7) is 8.27. The SMILES string of the molecule is C=CCNC(=NCc1ccnc(OCc2ccccc2)c1)NCC. The molecular weight excluding hydrogens is 300 g/mol. The number of aliphatic imine (C=N–C) groups is 1. The molecule has 0 bridgehead atoms. The molecule has 0 saturated heterocycles. The zero-order valence-corrected chi connectivity index (χ0v) is 14.0. The Balaban J connectivity index is 1.94. The topological polar surface area (TPSA) is 58.5 Å². The number of pyridine rings is 1. The van der Waals surface area contributed by atoms with E-state index in [1.165, 1.54) is 0 Å². The minimum Gasteiger partial charge on any atom is -0.473 e. The van der Waals surface area contributed by atoms with Gasteiger partial charge in [-0.2, -0.15) is 0 Å². The molecule has 5 nitrogen and oxygen atoms in total. The van der Waals surface area contributed by atoms with Crippen molar-refractivity contribution in [3.63, 3.8) is 0 Å². The van der Waals surface area contributed by atoms with Gasteiger partial charge in [0.15, 0.2) is 5.96 Å². The van der Waals surface area contributed by atoms with Crippen molar-refractivity contribution in [3.05, 3.63) is 72.4 Å². The molecule has 0 spiro atoms. The molecule has 2 aromatic rings. The molecule has 2 rings (SSSR count). The van der Waals surface area contributed by atoms with E-state index in [2.05, 4.69) is 27.2 Å². The van der Waals surface area contributed by atoms with E-state index in [0.717, 1.165) is 23.6 Å². The molecule has 1 aromatic heterocycles. The van der Waals surface area contributed by atoms with Crippen LogP contribution in [-0.2, 0) is 13.2 Å². The first kappa shape index (κ1) is 17.5. The molecular formula is C19H24N4O. The van der Waals surface area contributed by atoms with Crippen LogP contribution in [0.5, 0.6) is 5.88 Å². The van der Waals surface area contributed by atoms with Crippen LogP contribution < -0.4 is 15.4 Å². The maximum Gasteiger partial charge on any atom is 0.213 e. The van der Waals surface area contributed by atoms with Gasteiger partial charge in [-0.3, -0.25) is 0 Å². The Morgan fingerprint density at radius 1 is 1.21 bits per heavy atom. The summed E-state index contributed by atoms with van der Waals surface area (Å²) in [4.78, 5) is 8.80. The van der Waals surface area contributed by atoms with Crippen molar-refractivity contribution in [2.45, 2.75) is 20.1 Å². The Hall–Kier alpha value is -2.82. The highest BCUT2D eigenvalue weighted by Gasteiger charge is 2.01. The summed E-state index contributed by atoms with van der Waals surface area (Å²) in [7, 11) is 0. The number of hydrogen-bond acceptors (Lipinski definition) is 3. The highest BCUT2D eigenvalue weighted by Crippen LogP contribution is 2.12. The van der Waals surface area contributed by atoms with E-state index < -0.39 is 0 Å². The first-order chi connectivity index (χ1) is 11.8. The number of ether oxygens (including phenoxy) is 1. The maximum absolute atomic E-state index is 5.75. The monoisotopic (exact) mass is 324 g/mol. The summed E-state index contributed by atoms with van der Waals surface area (Å²) in [5, 5.41) is 6.37. The van der Waals surface area contributed by atoms with Crippen molar-refractivity contribution in [1.82, 2.24) is 15.6 Å². The van der Waals surface area contributed by atoms with Gasteiger partial charge >= 0.3 is 0 Å². The predicted octanol–water partition coefficient (Wildman–Crippen LogP) is 2.90. The van der Waals surface area contributed by atoms with Crippen LogP contribution in [0.2, 0.25) is 0 Å². The predicted molar refractivity (Wildman–Crippen MR) is 98.0 cm³/mol. The maximum atomic E-state index is 5.75. The van der Waals surface area contributed by atoms with Gasteiger partial charge in [0.1, 0.15) is 6.61 Å². The molecule has 0 aliphatic carbocycles. The van der Waals surface area contributed by atoms with Gasteiger partial charge in [-0.15, -0.1) is 6.58 Å². The van der Waals surface area contributed by atoms with E-state index >= 15 is 0 Å². The van der Waals surface area contributed by atoms with Crippen molar-refractivity contribution in [2.75, 3.05) is 13.1 Å². The lowest BCUT2D eigenvalue weighted by Gasteiger charge is -2.10. The first-order valence-electron chi connectivity index (χ1n) is 8.06. The number of benzene rings is 1. The molecule has 0 fully saturated rings. The number of rotatable bonds is 8. The summed E-state index contributed by atoms with van der Waals surface area (Å²) in [5.41, 5.74) is 2.16. The number of nitrogens with one attached hydrogen (secondary N) is 2. The lowest BCUT2D eigenvalue weighted by molar-refractivity contribution is 0.293. The average Bonchev–Trinajstić information content (AvgIpc) is 2.63. The number of nitrogens with zero attached hydrogens (tertiary/aromatic N) is 2. The molecule has 0 saturated carbocycles. The first-order valence-corrected chi connectivity index (χ1v) is 8.06. The average molecular weight is 324 g/mol. The Labute approximate surface area is 143 Å². The van der Waals surface area contributed by atoms with Gasteiger partial charge in [0.25, 0.3) is 0 Å². The summed E-state index contributed by atoms with van der Waals surface area (Å²) in [5.74, 6) is 1.37. The molecule has 0 atom stereocenters. The Morgan fingerprint density at radius 2 is 2.04 bits per heavy atom. The fourth-order valence-corrected chi connectivity index (χ4v) is 2.04. The van der Waals surface area contributed by atoms with Gasteiger partial charge < -0.3 is 15.4 Å². The van der Waals surface area contributed by atoms with E-state index in [0.29, 0.717) is 25.6 Å². The van der Waals surface area contributed by atoms with Crippen LogP contribution in [0.25, 0.3) is 0 Å². The van der Waals surface area contributed by atoms with Crippen molar-refractivity contribution < 1.29 is 4.74 Å². The Kier molecular flexibility index (Phi) is 7.34. The highest BCUT2D eigenvalue weighted by atomic mass is 16.5. The second kappa shape index (κ2) is 10.0. The molecule has 1 aromatic carbocycles. The molecule has 1 heterocycles. The van der Waals surface area contributed by atoms with Gasteiger partial charge in [0.05, 0.1) is 6.54 Å². The number of guanidine groups is 1. The number of hydrogen-bond donors (Lipinski definition) is 2. The van der Waals surface area contributed by atoms with Gasteiger partial charge in [-0.1, -0.05) is 36.4 Å². The number of aromatic nitrogens is 1. The van der Waals surface area contributed by atoms with Gasteiger partial charge in [0, 0.05) is 25.4 Å². The van der Waals surface area contributed by atoms with E-state index in [9.17, 15) is 0 Å². The van der Waals surface area contributed by atoms with Gasteiger partial charge in [-0.05, 0) is 24.1 Å². The third kappa shape index (κ3) is 6.12. The van der Waals surface area contributed by atoms with Crippen LogP contribution in [0, 0.1) is 0 Å². The third-order valence-corrected chi connectivity index (χ3v) is 3.21. The molecule has 2 N–H and O–H groups in total. The molecule has 126 valence electrons. The smallest absolute Gasteiger partial charge is 0.213 e. The van der Waals surface area contributed by atoms with Crippen LogP contribution >= 0.6 is 0 Å². The molecule has 24 heavy (non-hydrogen) atoms. The van der Waals surface area contributed by atoms with Gasteiger partial charge in [-0.25, -0.2) is 9.98 Å². The van der Waals surface area contributed by atoms with Crippen LogP contribution in [0.3, 0.4) is 0 Å². The van der Waals surface area contributed by atoms with Crippen molar-refractivity contribution in [3.8, 4) is 5.88 Å². The molecule has 0 amide bonds. The summed E-state index contributed by atoms with van der Waals surface area (Å²) in [6, 6.07) is 13.9. The van der Waals surface area contributed by atoms with E-state index in [1.807, 2.05) is 49.4 Å². The molecule has 0 aliphatic rings. The van der Waals surface area contributed by atoms with E-state index in [4.69, 9.17) is 4.74 Å². The summed E-state index contributed by atoms with van der Waals surface area (Å²) >= 11 is 0. The fraction of sp³-hybridized carbons (Fsp3) is 0.263. The van der Waals surface area contributed by atoms with E-state index in [-0.39, 0.29) is 0 Å². The zero-order chi connectivity index (χ0) is 17.0. The quantitative estimate of drug-likeness (QED) is 0.445. The normalized spacial score (nSPS) is 11.0. The molecule has 0 aliphatic heterocycles. The molecule has 0 radical (unpaired) electrons. The Morgan fingerprint density at radius 3 is 2.79 bits per heavy atom. The lowest BCUT2D eigenvalue weighted by atomic mass is 10.2. The second-order valence-corrected chi connectivity index (χ2v) is 5.14. The largest absolute Gasteiger partial charge is 0.473 e. The van der Waals surface area contributed by atoms with Crippen molar-refractivity contribution in [1.29, 1.82) is 0 Å². The van der Waals surface area contributed by atoms with Gasteiger partial charge in [0.2, 0.25) is 5.88 Å². The van der Waals surface area contributed by atoms with Crippen LogP contribution in [0.4, 0.5) is 0 Å². The van der Waals surface area contributed by atoms with Crippen LogP contribution in [0.1, 0.15) is 18.1 Å². The van der Waals surface area contributed by atoms with Crippen molar-refractivity contribution >= 4 is 5.96 Å². The molecule has 0 unspecified atom stereocenters. The second-order valence-electron chi connectivity index (χ2n) is 5.14.